The third-order valence-electron chi connectivity index (χ3n) is 10.9. The number of aryl methyl sites for hydroxylation is 2. The smallest absolute Gasteiger partial charge is 0.0541 e. The largest absolute Gasteiger partial charge is 0.309 e. The molecule has 256 valence electrons. The first kappa shape index (κ1) is 31.8. The number of hydrogen-bond donors (Lipinski definition) is 0. The molecule has 2 heterocycles. The monoisotopic (exact) mass is 690 g/mol. The third-order valence-corrected chi connectivity index (χ3v) is 10.9. The summed E-state index contributed by atoms with van der Waals surface area (Å²) in [6, 6.07) is 66.5. The summed E-state index contributed by atoms with van der Waals surface area (Å²) in [5.41, 5.74) is 17.0. The van der Waals surface area contributed by atoms with E-state index < -0.39 is 0 Å². The normalized spacial score (nSPS) is 11.8. The van der Waals surface area contributed by atoms with E-state index in [1.807, 2.05) is 0 Å². The average Bonchev–Trinajstić information content (AvgIpc) is 3.73. The highest BCUT2D eigenvalue weighted by Crippen LogP contribution is 2.37. The quantitative estimate of drug-likeness (QED) is 0.154. The van der Waals surface area contributed by atoms with Crippen LogP contribution in [0.1, 0.15) is 22.3 Å². The van der Waals surface area contributed by atoms with Crippen molar-refractivity contribution in [3.05, 3.63) is 204 Å². The predicted octanol–water partition coefficient (Wildman–Crippen LogP) is 14.0. The molecule has 54 heavy (non-hydrogen) atoms. The van der Waals surface area contributed by atoms with Gasteiger partial charge in [0.15, 0.2) is 0 Å². The maximum atomic E-state index is 2.37. The van der Waals surface area contributed by atoms with Crippen LogP contribution in [0.25, 0.3) is 89.4 Å². The summed E-state index contributed by atoms with van der Waals surface area (Å²) in [6.07, 6.45) is 4.40. The van der Waals surface area contributed by atoms with Crippen LogP contribution in [-0.2, 0) is 0 Å². The van der Waals surface area contributed by atoms with E-state index in [9.17, 15) is 0 Å². The van der Waals surface area contributed by atoms with E-state index in [0.717, 1.165) is 0 Å². The van der Waals surface area contributed by atoms with Crippen molar-refractivity contribution >= 4 is 55.8 Å². The van der Waals surface area contributed by atoms with E-state index in [4.69, 9.17) is 0 Å². The molecule has 0 N–H and O–H groups in total. The average molecular weight is 691 g/mol. The zero-order valence-corrected chi connectivity index (χ0v) is 30.4. The number of aromatic nitrogens is 2. The van der Waals surface area contributed by atoms with E-state index in [1.54, 1.807) is 0 Å². The van der Waals surface area contributed by atoms with Gasteiger partial charge in [-0.25, -0.2) is 0 Å². The van der Waals surface area contributed by atoms with Gasteiger partial charge in [0.2, 0.25) is 0 Å². The van der Waals surface area contributed by atoms with Gasteiger partial charge in [0.1, 0.15) is 0 Å². The lowest BCUT2D eigenvalue weighted by molar-refractivity contribution is 1.17. The Bertz CT molecular complexity index is 2800. The van der Waals surface area contributed by atoms with E-state index >= 15 is 0 Å². The molecule has 0 spiro atoms. The van der Waals surface area contributed by atoms with Crippen molar-refractivity contribution in [2.75, 3.05) is 0 Å². The van der Waals surface area contributed by atoms with Crippen LogP contribution >= 0.6 is 0 Å². The van der Waals surface area contributed by atoms with Crippen molar-refractivity contribution in [2.24, 2.45) is 0 Å². The predicted molar refractivity (Wildman–Crippen MR) is 231 cm³/mol. The van der Waals surface area contributed by atoms with Crippen molar-refractivity contribution in [3.63, 3.8) is 0 Å². The summed E-state index contributed by atoms with van der Waals surface area (Å²) < 4.78 is 4.75. The Morgan fingerprint density at radius 2 is 0.667 bits per heavy atom. The van der Waals surface area contributed by atoms with Crippen molar-refractivity contribution in [1.82, 2.24) is 9.13 Å². The first-order valence-electron chi connectivity index (χ1n) is 18.7. The third kappa shape index (κ3) is 5.52. The van der Waals surface area contributed by atoms with Crippen LogP contribution in [0.2, 0.25) is 0 Å². The Balaban J connectivity index is 0.902. The zero-order chi connectivity index (χ0) is 36.2. The van der Waals surface area contributed by atoms with Gasteiger partial charge in [-0.2, -0.15) is 0 Å². The molecule has 0 aliphatic carbocycles. The molecule has 10 rings (SSSR count). The lowest BCUT2D eigenvalue weighted by atomic mass is 10.00. The van der Waals surface area contributed by atoms with Crippen LogP contribution < -0.4 is 0 Å². The highest BCUT2D eigenvalue weighted by molar-refractivity contribution is 6.11. The second-order valence-electron chi connectivity index (χ2n) is 14.4. The summed E-state index contributed by atoms with van der Waals surface area (Å²) in [5, 5.41) is 5.08. The minimum atomic E-state index is 1.18. The zero-order valence-electron chi connectivity index (χ0n) is 30.4. The van der Waals surface area contributed by atoms with Gasteiger partial charge in [0.05, 0.1) is 22.1 Å². The van der Waals surface area contributed by atoms with Gasteiger partial charge in [0.25, 0.3) is 0 Å². The standard InChI is InChI=1S/C52H38N2/c1-35-11-27-43(28-12-35)53-49-9-5-3-7-45(49)47-33-41(25-31-51(47)53)39-21-17-37(18-22-39)15-16-38-19-23-40(24-20-38)42-26-32-52-48(34-42)46-8-4-6-10-50(46)54(52)44-29-13-36(2)14-30-44/h3-34H,1-2H3. The lowest BCUT2D eigenvalue weighted by Crippen LogP contribution is -1.93. The Kier molecular flexibility index (Phi) is 7.63. The van der Waals surface area contributed by atoms with Crippen LogP contribution in [0.15, 0.2) is 182 Å². The van der Waals surface area contributed by atoms with Gasteiger partial charge in [-0.1, -0.05) is 145 Å². The molecule has 0 aliphatic rings. The molecule has 0 radical (unpaired) electrons. The SMILES string of the molecule is Cc1ccc(-n2c3ccccc3c3cc(-c4ccc(C=Cc5ccc(-c6ccc7c(c6)c6ccccc6n7-c6ccc(C)cc6)cc5)cc4)ccc32)cc1. The maximum Gasteiger partial charge on any atom is 0.0541 e. The van der Waals surface area contributed by atoms with Crippen LogP contribution in [0.4, 0.5) is 0 Å². The van der Waals surface area contributed by atoms with Gasteiger partial charge in [-0.15, -0.1) is 0 Å². The molecule has 2 nitrogen and oxygen atoms in total. The molecular weight excluding hydrogens is 653 g/mol. The number of rotatable bonds is 6. The van der Waals surface area contributed by atoms with Crippen molar-refractivity contribution in [1.29, 1.82) is 0 Å². The minimum Gasteiger partial charge on any atom is -0.309 e. The van der Waals surface area contributed by atoms with Gasteiger partial charge in [-0.3, -0.25) is 0 Å². The van der Waals surface area contributed by atoms with E-state index in [1.165, 1.54) is 99.5 Å². The van der Waals surface area contributed by atoms with E-state index in [0.29, 0.717) is 0 Å². The summed E-state index contributed by atoms with van der Waals surface area (Å²) in [7, 11) is 0. The van der Waals surface area contributed by atoms with Crippen molar-refractivity contribution < 1.29 is 0 Å². The van der Waals surface area contributed by atoms with E-state index in [2.05, 4.69) is 217 Å². The van der Waals surface area contributed by atoms with Gasteiger partial charge in [0, 0.05) is 32.9 Å². The topological polar surface area (TPSA) is 9.86 Å². The first-order valence-corrected chi connectivity index (χ1v) is 18.7. The summed E-state index contributed by atoms with van der Waals surface area (Å²) in [4.78, 5) is 0. The van der Waals surface area contributed by atoms with Crippen LogP contribution in [0.5, 0.6) is 0 Å². The number of hydrogen-bond acceptors (Lipinski definition) is 0. The molecule has 2 heteroatoms. The van der Waals surface area contributed by atoms with Gasteiger partial charge >= 0.3 is 0 Å². The summed E-state index contributed by atoms with van der Waals surface area (Å²) in [6.45, 7) is 4.27. The highest BCUT2D eigenvalue weighted by atomic mass is 15.0. The van der Waals surface area contributed by atoms with E-state index in [-0.39, 0.29) is 0 Å². The molecule has 2 aromatic heterocycles. The lowest BCUT2D eigenvalue weighted by Gasteiger charge is -2.09. The van der Waals surface area contributed by atoms with Crippen molar-refractivity contribution in [2.45, 2.75) is 13.8 Å². The molecule has 10 aromatic rings. The number of benzene rings is 8. The summed E-state index contributed by atoms with van der Waals surface area (Å²) in [5.74, 6) is 0. The van der Waals surface area contributed by atoms with Crippen LogP contribution in [0, 0.1) is 13.8 Å². The second kappa shape index (κ2) is 12.9. The maximum absolute atomic E-state index is 2.37. The number of nitrogens with zero attached hydrogens (tertiary/aromatic N) is 2. The molecular formula is C52H38N2. The Morgan fingerprint density at radius 1 is 0.315 bits per heavy atom. The molecule has 0 unspecified atom stereocenters. The fraction of sp³-hybridized carbons (Fsp3) is 0.0385. The molecule has 0 aliphatic heterocycles. The molecule has 0 saturated carbocycles. The Hall–Kier alpha value is -6.90. The van der Waals surface area contributed by atoms with Gasteiger partial charge < -0.3 is 9.13 Å². The second-order valence-corrected chi connectivity index (χ2v) is 14.4. The Labute approximate surface area is 315 Å². The molecule has 0 bridgehead atoms. The summed E-state index contributed by atoms with van der Waals surface area (Å²) >= 11 is 0. The number of fused-ring (bicyclic) bond motifs is 6. The molecule has 0 amide bonds. The number of para-hydroxylation sites is 2. The van der Waals surface area contributed by atoms with Crippen LogP contribution in [-0.4, -0.2) is 9.13 Å². The highest BCUT2D eigenvalue weighted by Gasteiger charge is 2.15. The van der Waals surface area contributed by atoms with Gasteiger partial charge in [-0.05, 0) is 108 Å². The molecule has 0 fully saturated rings. The fourth-order valence-corrected chi connectivity index (χ4v) is 8.01. The molecule has 0 atom stereocenters. The fourth-order valence-electron chi connectivity index (χ4n) is 8.01. The molecule has 0 saturated heterocycles. The first-order chi connectivity index (χ1) is 26.6. The Morgan fingerprint density at radius 3 is 1.07 bits per heavy atom. The minimum absolute atomic E-state index is 1.18. The van der Waals surface area contributed by atoms with Crippen molar-refractivity contribution in [3.8, 4) is 33.6 Å². The molecule has 8 aromatic carbocycles. The van der Waals surface area contributed by atoms with Crippen LogP contribution in [0.3, 0.4) is 0 Å².